The molecule has 0 aromatic carbocycles. The number of nitrogens with one attached hydrogen (secondary N) is 1. The normalized spacial score (nSPS) is 17.4. The zero-order valence-electron chi connectivity index (χ0n) is 10.5. The Morgan fingerprint density at radius 2 is 2.28 bits per heavy atom. The minimum Gasteiger partial charge on any atom is -0.480 e. The van der Waals surface area contributed by atoms with Crippen molar-refractivity contribution in [3.05, 3.63) is 23.9 Å². The average molecular weight is 250 g/mol. The quantitative estimate of drug-likeness (QED) is 0.840. The molecule has 18 heavy (non-hydrogen) atoms. The molecule has 1 aromatic heterocycles. The van der Waals surface area contributed by atoms with Crippen LogP contribution in [0.15, 0.2) is 18.3 Å². The molecule has 1 heterocycles. The number of aromatic nitrogens is 1. The average Bonchev–Trinajstić information content (AvgIpc) is 2.87. The van der Waals surface area contributed by atoms with Gasteiger partial charge in [-0.1, -0.05) is 12.8 Å². The maximum Gasteiger partial charge on any atom is 0.257 e. The molecule has 2 rings (SSSR count). The van der Waals surface area contributed by atoms with E-state index in [2.05, 4.69) is 10.3 Å². The number of nitrogens with zero attached hydrogens (tertiary/aromatic N) is 1. The van der Waals surface area contributed by atoms with Crippen LogP contribution in [0.4, 0.5) is 0 Å². The van der Waals surface area contributed by atoms with E-state index >= 15 is 0 Å². The van der Waals surface area contributed by atoms with Crippen molar-refractivity contribution in [3.63, 3.8) is 0 Å². The van der Waals surface area contributed by atoms with Gasteiger partial charge in [0.1, 0.15) is 5.56 Å². The summed E-state index contributed by atoms with van der Waals surface area (Å²) in [6, 6.07) is 3.36. The highest BCUT2D eigenvalue weighted by molar-refractivity contribution is 5.96. The van der Waals surface area contributed by atoms with Crippen LogP contribution in [0.3, 0.4) is 0 Å². The standard InChI is InChI=1S/C13H18N2O3/c1-18-12-10(5-4-8-14-12)11(17)15-13(9-16)6-2-3-7-13/h4-5,8,16H,2-3,6-7,9H2,1H3,(H,15,17). The van der Waals surface area contributed by atoms with Crippen molar-refractivity contribution in [3.8, 4) is 5.88 Å². The van der Waals surface area contributed by atoms with Crippen molar-refractivity contribution < 1.29 is 14.6 Å². The van der Waals surface area contributed by atoms with Crippen LogP contribution in [-0.4, -0.2) is 35.3 Å². The first-order chi connectivity index (χ1) is 8.71. The van der Waals surface area contributed by atoms with Crippen LogP contribution in [-0.2, 0) is 0 Å². The van der Waals surface area contributed by atoms with E-state index in [0.29, 0.717) is 11.4 Å². The lowest BCUT2D eigenvalue weighted by Gasteiger charge is -2.28. The lowest BCUT2D eigenvalue weighted by atomic mass is 9.98. The van der Waals surface area contributed by atoms with Crippen molar-refractivity contribution in [1.29, 1.82) is 0 Å². The number of hydrogen-bond acceptors (Lipinski definition) is 4. The van der Waals surface area contributed by atoms with Crippen molar-refractivity contribution in [2.24, 2.45) is 0 Å². The number of aliphatic hydroxyl groups excluding tert-OH is 1. The predicted octanol–water partition coefficient (Wildman–Crippen LogP) is 1.13. The van der Waals surface area contributed by atoms with E-state index in [0.717, 1.165) is 25.7 Å². The van der Waals surface area contributed by atoms with Crippen LogP contribution in [0.2, 0.25) is 0 Å². The van der Waals surface area contributed by atoms with Gasteiger partial charge in [-0.15, -0.1) is 0 Å². The fraction of sp³-hybridized carbons (Fsp3) is 0.538. The van der Waals surface area contributed by atoms with Gasteiger partial charge in [-0.05, 0) is 25.0 Å². The number of rotatable bonds is 4. The van der Waals surface area contributed by atoms with Crippen LogP contribution in [0, 0.1) is 0 Å². The third kappa shape index (κ3) is 2.46. The van der Waals surface area contributed by atoms with E-state index in [4.69, 9.17) is 4.74 Å². The maximum atomic E-state index is 12.2. The van der Waals surface area contributed by atoms with E-state index in [1.54, 1.807) is 18.3 Å². The topological polar surface area (TPSA) is 71.5 Å². The first-order valence-corrected chi connectivity index (χ1v) is 6.13. The lowest BCUT2D eigenvalue weighted by molar-refractivity contribution is 0.0835. The Hall–Kier alpha value is -1.62. The largest absolute Gasteiger partial charge is 0.480 e. The summed E-state index contributed by atoms with van der Waals surface area (Å²) in [7, 11) is 1.48. The van der Waals surface area contributed by atoms with Gasteiger partial charge in [0, 0.05) is 6.20 Å². The van der Waals surface area contributed by atoms with E-state index < -0.39 is 5.54 Å². The second-order valence-corrected chi connectivity index (χ2v) is 4.66. The van der Waals surface area contributed by atoms with Crippen molar-refractivity contribution in [2.75, 3.05) is 13.7 Å². The summed E-state index contributed by atoms with van der Waals surface area (Å²) in [4.78, 5) is 16.2. The number of hydrogen-bond donors (Lipinski definition) is 2. The summed E-state index contributed by atoms with van der Waals surface area (Å²) < 4.78 is 5.06. The molecule has 1 aromatic rings. The summed E-state index contributed by atoms with van der Waals surface area (Å²) in [5.41, 5.74) is -0.0717. The van der Waals surface area contributed by atoms with E-state index in [1.165, 1.54) is 7.11 Å². The number of aliphatic hydroxyl groups is 1. The number of pyridine rings is 1. The molecule has 0 bridgehead atoms. The highest BCUT2D eigenvalue weighted by Crippen LogP contribution is 2.29. The molecule has 5 nitrogen and oxygen atoms in total. The molecule has 2 N–H and O–H groups in total. The Kier molecular flexibility index (Phi) is 3.81. The second-order valence-electron chi connectivity index (χ2n) is 4.66. The molecule has 0 saturated heterocycles. The molecule has 98 valence electrons. The van der Waals surface area contributed by atoms with E-state index in [9.17, 15) is 9.90 Å². The highest BCUT2D eigenvalue weighted by Gasteiger charge is 2.35. The summed E-state index contributed by atoms with van der Waals surface area (Å²) >= 11 is 0. The van der Waals surface area contributed by atoms with Gasteiger partial charge in [-0.3, -0.25) is 4.79 Å². The summed E-state index contributed by atoms with van der Waals surface area (Å²) in [6.45, 7) is -0.0265. The highest BCUT2D eigenvalue weighted by atomic mass is 16.5. The van der Waals surface area contributed by atoms with Gasteiger partial charge in [0.25, 0.3) is 5.91 Å². The molecule has 1 aliphatic rings. The van der Waals surface area contributed by atoms with Crippen molar-refractivity contribution >= 4 is 5.91 Å². The number of carbonyl (C=O) groups is 1. The van der Waals surface area contributed by atoms with Gasteiger partial charge in [0.05, 0.1) is 19.3 Å². The van der Waals surface area contributed by atoms with Crippen LogP contribution in [0.25, 0.3) is 0 Å². The summed E-state index contributed by atoms with van der Waals surface area (Å²) in [5.74, 6) is 0.0667. The first-order valence-electron chi connectivity index (χ1n) is 6.13. The third-order valence-electron chi connectivity index (χ3n) is 3.45. The Morgan fingerprint density at radius 1 is 1.56 bits per heavy atom. The minimum atomic E-state index is -0.474. The molecule has 0 atom stereocenters. The second kappa shape index (κ2) is 5.35. The summed E-state index contributed by atoms with van der Waals surface area (Å²) in [5, 5.41) is 12.4. The molecule has 1 fully saturated rings. The fourth-order valence-corrected chi connectivity index (χ4v) is 2.41. The molecular weight excluding hydrogens is 232 g/mol. The Labute approximate surface area is 106 Å². The van der Waals surface area contributed by atoms with E-state index in [1.807, 2.05) is 0 Å². The molecular formula is C13H18N2O3. The minimum absolute atomic E-state index is 0.0265. The molecule has 5 heteroatoms. The molecule has 0 radical (unpaired) electrons. The van der Waals surface area contributed by atoms with Gasteiger partial charge in [0.15, 0.2) is 0 Å². The van der Waals surface area contributed by atoms with Crippen LogP contribution < -0.4 is 10.1 Å². The van der Waals surface area contributed by atoms with Crippen LogP contribution >= 0.6 is 0 Å². The first kappa shape index (κ1) is 12.8. The summed E-state index contributed by atoms with van der Waals surface area (Å²) in [6.07, 6.45) is 5.28. The number of ether oxygens (including phenoxy) is 1. The van der Waals surface area contributed by atoms with Crippen molar-refractivity contribution in [2.45, 2.75) is 31.2 Å². The zero-order chi connectivity index (χ0) is 13.0. The molecule has 0 aliphatic heterocycles. The molecule has 0 spiro atoms. The predicted molar refractivity (Wildman–Crippen MR) is 66.5 cm³/mol. The molecule has 1 saturated carbocycles. The molecule has 0 unspecified atom stereocenters. The van der Waals surface area contributed by atoms with Gasteiger partial charge in [-0.2, -0.15) is 0 Å². The number of amides is 1. The van der Waals surface area contributed by atoms with Crippen LogP contribution in [0.1, 0.15) is 36.0 Å². The molecule has 1 amide bonds. The maximum absolute atomic E-state index is 12.2. The van der Waals surface area contributed by atoms with Gasteiger partial charge < -0.3 is 15.2 Å². The van der Waals surface area contributed by atoms with Crippen LogP contribution in [0.5, 0.6) is 5.88 Å². The van der Waals surface area contributed by atoms with Gasteiger partial charge >= 0.3 is 0 Å². The van der Waals surface area contributed by atoms with Gasteiger partial charge in [0.2, 0.25) is 5.88 Å². The van der Waals surface area contributed by atoms with Gasteiger partial charge in [-0.25, -0.2) is 4.98 Å². The Balaban J connectivity index is 2.16. The van der Waals surface area contributed by atoms with Crippen molar-refractivity contribution in [1.82, 2.24) is 10.3 Å². The number of carbonyl (C=O) groups excluding carboxylic acids is 1. The zero-order valence-corrected chi connectivity index (χ0v) is 10.5. The third-order valence-corrected chi connectivity index (χ3v) is 3.45. The SMILES string of the molecule is COc1ncccc1C(=O)NC1(CO)CCCC1. The smallest absolute Gasteiger partial charge is 0.257 e. The molecule has 1 aliphatic carbocycles. The number of methoxy groups -OCH3 is 1. The Bertz CT molecular complexity index is 428. The van der Waals surface area contributed by atoms with E-state index in [-0.39, 0.29) is 12.5 Å². The lowest BCUT2D eigenvalue weighted by Crippen LogP contribution is -2.49. The monoisotopic (exact) mass is 250 g/mol. The Morgan fingerprint density at radius 3 is 2.89 bits per heavy atom. The fourth-order valence-electron chi connectivity index (χ4n) is 2.41.